The number of carbonyl (C=O) groups excluding carboxylic acids is 2. The van der Waals surface area contributed by atoms with E-state index in [0.29, 0.717) is 52.1 Å². The van der Waals surface area contributed by atoms with Crippen LogP contribution in [-0.4, -0.2) is 53.6 Å². The fraction of sp³-hybridized carbons (Fsp3) is 0.273. The fourth-order valence-electron chi connectivity index (χ4n) is 6.40. The van der Waals surface area contributed by atoms with E-state index in [-0.39, 0.29) is 24.1 Å². The van der Waals surface area contributed by atoms with E-state index < -0.39 is 16.9 Å². The Kier molecular flexibility index (Phi) is 8.22. The highest BCUT2D eigenvalue weighted by atomic mass is 35.5. The molecule has 0 fully saturated rings. The largest absolute Gasteiger partial charge is 0.493 e. The summed E-state index contributed by atoms with van der Waals surface area (Å²) in [5.41, 5.74) is 3.65. The Morgan fingerprint density at radius 1 is 1.04 bits per heavy atom. The van der Waals surface area contributed by atoms with Crippen LogP contribution in [0, 0.1) is 10.1 Å². The molecule has 2 heterocycles. The van der Waals surface area contributed by atoms with Gasteiger partial charge in [0.05, 0.1) is 45.3 Å². The van der Waals surface area contributed by atoms with Crippen LogP contribution in [-0.2, 0) is 18.4 Å². The number of carbonyl (C=O) groups is 2. The summed E-state index contributed by atoms with van der Waals surface area (Å²) in [5, 5.41) is 16.4. The molecule has 2 unspecified atom stereocenters. The number of hydrogen-bond donors (Lipinski definition) is 2. The van der Waals surface area contributed by atoms with E-state index in [4.69, 9.17) is 30.5 Å². The molecule has 12 nitrogen and oxygen atoms in total. The van der Waals surface area contributed by atoms with E-state index >= 15 is 0 Å². The summed E-state index contributed by atoms with van der Waals surface area (Å²) in [7, 11) is 6.10. The smallest absolute Gasteiger partial charge is 0.412 e. The second-order valence-corrected chi connectivity index (χ2v) is 11.3. The Morgan fingerprint density at radius 2 is 1.78 bits per heavy atom. The molecule has 2 N–H and O–H groups in total. The van der Waals surface area contributed by atoms with E-state index in [1.54, 1.807) is 12.1 Å². The summed E-state index contributed by atoms with van der Waals surface area (Å²) >= 11 is 6.48. The third-order valence-corrected chi connectivity index (χ3v) is 8.96. The minimum atomic E-state index is -0.741. The first-order valence-electron chi connectivity index (χ1n) is 14.4. The maximum Gasteiger partial charge on any atom is 0.412 e. The molecule has 2 aromatic heterocycles. The molecule has 3 aromatic carbocycles. The van der Waals surface area contributed by atoms with Crippen molar-refractivity contribution in [3.05, 3.63) is 87.2 Å². The second-order valence-electron chi connectivity index (χ2n) is 11.0. The lowest BCUT2D eigenvalue weighted by molar-refractivity contribution is -0.391. The van der Waals surface area contributed by atoms with Gasteiger partial charge in [0.25, 0.3) is 0 Å². The monoisotopic (exact) mass is 646 g/mol. The van der Waals surface area contributed by atoms with Crippen LogP contribution in [0.4, 0.5) is 16.3 Å². The average Bonchev–Trinajstić information content (AvgIpc) is 3.77. The molecular weight excluding hydrogens is 616 g/mol. The van der Waals surface area contributed by atoms with Crippen LogP contribution in [0.15, 0.2) is 54.6 Å². The van der Waals surface area contributed by atoms with Crippen LogP contribution in [0.3, 0.4) is 0 Å². The van der Waals surface area contributed by atoms with E-state index in [2.05, 4.69) is 10.3 Å². The van der Waals surface area contributed by atoms with Crippen molar-refractivity contribution >= 4 is 56.7 Å². The van der Waals surface area contributed by atoms with Crippen LogP contribution in [0.1, 0.15) is 45.6 Å². The van der Waals surface area contributed by atoms with Gasteiger partial charge >= 0.3 is 11.9 Å². The molecule has 46 heavy (non-hydrogen) atoms. The number of rotatable bonds is 10. The van der Waals surface area contributed by atoms with Crippen molar-refractivity contribution in [1.29, 1.82) is 0 Å². The molecule has 13 heteroatoms. The predicted octanol–water partition coefficient (Wildman–Crippen LogP) is 7.03. The van der Waals surface area contributed by atoms with E-state index in [9.17, 15) is 19.7 Å². The molecule has 0 aliphatic heterocycles. The quantitative estimate of drug-likeness (QED) is 0.0711. The second kappa shape index (κ2) is 12.3. The third-order valence-electron chi connectivity index (χ3n) is 8.58. The van der Waals surface area contributed by atoms with Crippen molar-refractivity contribution in [2.24, 2.45) is 7.05 Å². The molecule has 1 aliphatic rings. The molecule has 0 radical (unpaired) electrons. The zero-order valence-electron chi connectivity index (χ0n) is 25.5. The minimum Gasteiger partial charge on any atom is -0.493 e. The van der Waals surface area contributed by atoms with E-state index in [1.165, 1.54) is 45.1 Å². The normalized spacial score (nSPS) is 15.5. The topological polar surface area (TPSA) is 147 Å². The SMILES string of the molecule is COc1cc2cc(C(=O)C3CC(CCl)c4c3cc(NC(=O)OCc3ccc([N+](=O)[O-])n3C)c3ccccc43)[nH]c2c(OC)c1OC. The Hall–Kier alpha value is -5.23. The number of ether oxygens (including phenoxy) is 4. The number of anilines is 1. The molecule has 1 amide bonds. The van der Waals surface area contributed by atoms with Gasteiger partial charge in [-0.2, -0.15) is 0 Å². The van der Waals surface area contributed by atoms with Gasteiger partial charge < -0.3 is 34.0 Å². The number of halogens is 1. The highest BCUT2D eigenvalue weighted by Crippen LogP contribution is 2.50. The number of benzene rings is 3. The number of nitrogens with one attached hydrogen (secondary N) is 2. The predicted molar refractivity (Wildman–Crippen MR) is 173 cm³/mol. The van der Waals surface area contributed by atoms with Gasteiger partial charge in [-0.1, -0.05) is 24.3 Å². The molecule has 5 aromatic rings. The van der Waals surface area contributed by atoms with Gasteiger partial charge in [0.15, 0.2) is 23.9 Å². The van der Waals surface area contributed by atoms with Gasteiger partial charge in [0.1, 0.15) is 5.69 Å². The number of nitrogens with zero attached hydrogens (tertiary/aromatic N) is 2. The van der Waals surface area contributed by atoms with Gasteiger partial charge in [-0.25, -0.2) is 9.36 Å². The van der Waals surface area contributed by atoms with Crippen LogP contribution in [0.25, 0.3) is 21.7 Å². The van der Waals surface area contributed by atoms with Gasteiger partial charge in [-0.15, -0.1) is 11.6 Å². The van der Waals surface area contributed by atoms with Crippen molar-refractivity contribution < 1.29 is 33.5 Å². The highest BCUT2D eigenvalue weighted by Gasteiger charge is 2.38. The summed E-state index contributed by atoms with van der Waals surface area (Å²) < 4.78 is 23.4. The molecule has 6 rings (SSSR count). The lowest BCUT2D eigenvalue weighted by Gasteiger charge is -2.16. The third kappa shape index (κ3) is 5.14. The number of Topliss-reactive ketones (excluding diaryl/α,β-unsaturated/α-hetero) is 1. The zero-order valence-corrected chi connectivity index (χ0v) is 26.3. The fourth-order valence-corrected chi connectivity index (χ4v) is 6.68. The molecular formula is C33H31ClN4O8. The van der Waals surface area contributed by atoms with Crippen molar-refractivity contribution in [2.75, 3.05) is 32.5 Å². The maximum absolute atomic E-state index is 14.2. The molecule has 0 bridgehead atoms. The number of nitro groups is 1. The standard InChI is InChI=1S/C33H31ClN4O8/c1-37-19(9-10-27(37)38(41)42)16-46-33(40)36-24-14-22-23(11-18(15-34)28(22)21-8-6-5-7-20(21)24)30(39)25-12-17-13-26(43-2)31(44-3)32(45-4)29(17)35-25/h5-10,12-14,18,23,35H,11,15-16H2,1-4H3,(H,36,40). The zero-order chi connectivity index (χ0) is 32.7. The lowest BCUT2D eigenvalue weighted by atomic mass is 9.91. The summed E-state index contributed by atoms with van der Waals surface area (Å²) in [6.07, 6.45) is -0.254. The lowest BCUT2D eigenvalue weighted by Crippen LogP contribution is -2.16. The van der Waals surface area contributed by atoms with Crippen molar-refractivity contribution in [3.63, 3.8) is 0 Å². The molecule has 238 valence electrons. The summed E-state index contributed by atoms with van der Waals surface area (Å²) in [4.78, 5) is 41.1. The van der Waals surface area contributed by atoms with Crippen molar-refractivity contribution in [3.8, 4) is 17.2 Å². The van der Waals surface area contributed by atoms with Crippen LogP contribution in [0.2, 0.25) is 0 Å². The number of aromatic amines is 1. The minimum absolute atomic E-state index is 0.0937. The number of methoxy groups -OCH3 is 3. The Morgan fingerprint density at radius 3 is 2.43 bits per heavy atom. The number of ketones is 1. The first-order chi connectivity index (χ1) is 22.2. The highest BCUT2D eigenvalue weighted by molar-refractivity contribution is 6.19. The van der Waals surface area contributed by atoms with Crippen LogP contribution < -0.4 is 19.5 Å². The van der Waals surface area contributed by atoms with Gasteiger partial charge in [0.2, 0.25) is 5.75 Å². The first kappa shape index (κ1) is 30.8. The number of H-pyrrole nitrogens is 1. The number of fused-ring (bicyclic) bond motifs is 4. The number of alkyl halides is 1. The maximum atomic E-state index is 14.2. The summed E-state index contributed by atoms with van der Waals surface area (Å²) in [5.74, 6) is 0.716. The Labute approximate surface area is 268 Å². The first-order valence-corrected chi connectivity index (χ1v) is 14.9. The van der Waals surface area contributed by atoms with Crippen LogP contribution >= 0.6 is 11.6 Å². The van der Waals surface area contributed by atoms with E-state index in [1.807, 2.05) is 30.3 Å². The average molecular weight is 647 g/mol. The molecule has 0 saturated heterocycles. The number of hydrogen-bond acceptors (Lipinski definition) is 8. The van der Waals surface area contributed by atoms with Gasteiger partial charge in [-0.05, 0) is 58.0 Å². The summed E-state index contributed by atoms with van der Waals surface area (Å²) in [6.45, 7) is -0.173. The van der Waals surface area contributed by atoms with E-state index in [0.717, 1.165) is 27.3 Å². The Balaban J connectivity index is 1.35. The Bertz CT molecular complexity index is 2020. The molecule has 0 spiro atoms. The van der Waals surface area contributed by atoms with Crippen molar-refractivity contribution in [2.45, 2.75) is 24.9 Å². The van der Waals surface area contributed by atoms with Crippen molar-refractivity contribution in [1.82, 2.24) is 9.55 Å². The number of aromatic nitrogens is 2. The van der Waals surface area contributed by atoms with Crippen LogP contribution in [0.5, 0.6) is 17.2 Å². The molecule has 2 atom stereocenters. The molecule has 0 saturated carbocycles. The van der Waals surface area contributed by atoms with Gasteiger partial charge in [-0.3, -0.25) is 10.1 Å². The summed E-state index contributed by atoms with van der Waals surface area (Å²) in [6, 6.07) is 15.8. The number of amides is 1. The van der Waals surface area contributed by atoms with Gasteiger partial charge in [0, 0.05) is 28.6 Å². The molecule has 1 aliphatic carbocycles.